The summed E-state index contributed by atoms with van der Waals surface area (Å²) in [5.74, 6) is -0.368. The number of nitrogens with zero attached hydrogens (tertiary/aromatic N) is 1. The lowest BCUT2D eigenvalue weighted by Crippen LogP contribution is -2.44. The van der Waals surface area contributed by atoms with Crippen LogP contribution in [0.1, 0.15) is 27.9 Å². The molecule has 7 nitrogen and oxygen atoms in total. The molecule has 0 saturated carbocycles. The van der Waals surface area contributed by atoms with Crippen molar-refractivity contribution in [3.05, 3.63) is 59.3 Å². The number of nitrogens with one attached hydrogen (secondary N) is 2. The Morgan fingerprint density at radius 2 is 2.12 bits per heavy atom. The molecule has 2 heterocycles. The molecule has 1 atom stereocenters. The molecule has 0 aliphatic carbocycles. The summed E-state index contributed by atoms with van der Waals surface area (Å²) in [5.41, 5.74) is 2.15. The Morgan fingerprint density at radius 1 is 1.31 bits per heavy atom. The number of rotatable bonds is 6. The Kier molecular flexibility index (Phi) is 5.80. The third kappa shape index (κ3) is 4.37. The second kappa shape index (κ2) is 8.44. The van der Waals surface area contributed by atoms with Crippen LogP contribution < -0.4 is 10.6 Å². The van der Waals surface area contributed by atoms with Crippen LogP contribution in [0.25, 0.3) is 0 Å². The Hall–Kier alpha value is -2.93. The van der Waals surface area contributed by atoms with E-state index >= 15 is 0 Å². The highest BCUT2D eigenvalue weighted by Gasteiger charge is 2.23. The minimum Gasteiger partial charge on any atom is -0.459 e. The van der Waals surface area contributed by atoms with Crippen molar-refractivity contribution in [2.24, 2.45) is 0 Å². The van der Waals surface area contributed by atoms with Gasteiger partial charge in [-0.2, -0.15) is 0 Å². The van der Waals surface area contributed by atoms with Crippen LogP contribution in [0.5, 0.6) is 0 Å². The van der Waals surface area contributed by atoms with E-state index < -0.39 is 24.5 Å². The van der Waals surface area contributed by atoms with Gasteiger partial charge in [0.2, 0.25) is 0 Å². The molecule has 1 amide bonds. The van der Waals surface area contributed by atoms with Crippen molar-refractivity contribution in [3.8, 4) is 0 Å². The molecule has 26 heavy (non-hydrogen) atoms. The summed E-state index contributed by atoms with van der Waals surface area (Å²) in [4.78, 5) is 28.8. The summed E-state index contributed by atoms with van der Waals surface area (Å²) >= 11 is 0. The van der Waals surface area contributed by atoms with Crippen LogP contribution in [-0.4, -0.2) is 41.2 Å². The summed E-state index contributed by atoms with van der Waals surface area (Å²) in [6, 6.07) is 9.83. The number of carbonyl (C=O) groups is 2. The molecular formula is C19H21N3O4. The molecule has 0 radical (unpaired) electrons. The minimum atomic E-state index is -1.12. The van der Waals surface area contributed by atoms with Gasteiger partial charge in [0.05, 0.1) is 12.2 Å². The molecule has 0 bridgehead atoms. The van der Waals surface area contributed by atoms with Crippen molar-refractivity contribution in [1.29, 1.82) is 0 Å². The van der Waals surface area contributed by atoms with Crippen molar-refractivity contribution >= 4 is 17.7 Å². The fourth-order valence-corrected chi connectivity index (χ4v) is 2.72. The Labute approximate surface area is 151 Å². The number of esters is 1. The number of pyridine rings is 1. The van der Waals surface area contributed by atoms with E-state index in [1.54, 1.807) is 6.07 Å². The maximum atomic E-state index is 12.4. The molecular weight excluding hydrogens is 334 g/mol. The number of aliphatic hydroxyl groups is 1. The van der Waals surface area contributed by atoms with Gasteiger partial charge in [-0.1, -0.05) is 30.3 Å². The third-order valence-corrected chi connectivity index (χ3v) is 4.14. The summed E-state index contributed by atoms with van der Waals surface area (Å²) in [5, 5.41) is 15.1. The number of aliphatic hydroxyl groups excluding tert-OH is 1. The zero-order valence-corrected chi connectivity index (χ0v) is 14.3. The van der Waals surface area contributed by atoms with Crippen LogP contribution in [0.2, 0.25) is 0 Å². The van der Waals surface area contributed by atoms with Crippen molar-refractivity contribution in [3.63, 3.8) is 0 Å². The number of amides is 1. The molecule has 136 valence electrons. The predicted octanol–water partition coefficient (Wildman–Crippen LogP) is 1.27. The molecule has 3 N–H and O–H groups in total. The number of aryl methyl sites for hydroxylation is 1. The first-order valence-electron chi connectivity index (χ1n) is 8.52. The number of benzene rings is 1. The van der Waals surface area contributed by atoms with E-state index in [1.165, 1.54) is 6.20 Å². The average molecular weight is 355 g/mol. The van der Waals surface area contributed by atoms with Crippen LogP contribution in [-0.2, 0) is 22.6 Å². The lowest BCUT2D eigenvalue weighted by atomic mass is 10.0. The number of fused-ring (bicyclic) bond motifs is 1. The first-order valence-corrected chi connectivity index (χ1v) is 8.52. The van der Waals surface area contributed by atoms with Crippen LogP contribution in [0.4, 0.5) is 5.82 Å². The van der Waals surface area contributed by atoms with Gasteiger partial charge in [-0.25, -0.2) is 9.78 Å². The van der Waals surface area contributed by atoms with Crippen molar-refractivity contribution in [1.82, 2.24) is 10.3 Å². The van der Waals surface area contributed by atoms with E-state index in [-0.39, 0.29) is 6.61 Å². The Morgan fingerprint density at radius 3 is 2.88 bits per heavy atom. The molecule has 0 saturated heterocycles. The average Bonchev–Trinajstić information content (AvgIpc) is 2.70. The minimum absolute atomic E-state index is 0.0815. The number of carbonyl (C=O) groups excluding carboxylic acids is 2. The van der Waals surface area contributed by atoms with Gasteiger partial charge in [-0.3, -0.25) is 4.79 Å². The zero-order chi connectivity index (χ0) is 18.4. The van der Waals surface area contributed by atoms with Crippen LogP contribution in [0.15, 0.2) is 42.6 Å². The van der Waals surface area contributed by atoms with Gasteiger partial charge in [0.1, 0.15) is 12.4 Å². The van der Waals surface area contributed by atoms with Gasteiger partial charge in [0.15, 0.2) is 6.04 Å². The summed E-state index contributed by atoms with van der Waals surface area (Å²) in [6.45, 7) is 0.406. The van der Waals surface area contributed by atoms with E-state index in [2.05, 4.69) is 15.6 Å². The summed E-state index contributed by atoms with van der Waals surface area (Å²) in [7, 11) is 0. The standard InChI is InChI=1S/C19H21N3O4/c23-11-16(19(25)26-12-13-5-2-1-3-6-13)22-18(24)15-9-14-7-4-8-20-17(14)21-10-15/h1-3,5-6,9-10,16,23H,4,7-8,11-12H2,(H,20,21)(H,22,24). The second-order valence-electron chi connectivity index (χ2n) is 6.06. The second-order valence-corrected chi connectivity index (χ2v) is 6.06. The molecule has 1 unspecified atom stereocenters. The maximum absolute atomic E-state index is 12.4. The number of ether oxygens (including phenoxy) is 1. The number of aromatic nitrogens is 1. The summed E-state index contributed by atoms with van der Waals surface area (Å²) < 4.78 is 5.17. The Bertz CT molecular complexity index is 780. The lowest BCUT2D eigenvalue weighted by molar-refractivity contribution is -0.148. The molecule has 1 aliphatic heterocycles. The number of hydrogen-bond acceptors (Lipinski definition) is 6. The van der Waals surface area contributed by atoms with E-state index in [0.29, 0.717) is 5.56 Å². The summed E-state index contributed by atoms with van der Waals surface area (Å²) in [6.07, 6.45) is 3.28. The normalized spacial score (nSPS) is 13.9. The van der Waals surface area contributed by atoms with Gasteiger partial charge >= 0.3 is 5.97 Å². The van der Waals surface area contributed by atoms with E-state index in [1.807, 2.05) is 30.3 Å². The maximum Gasteiger partial charge on any atom is 0.331 e. The van der Waals surface area contributed by atoms with Gasteiger partial charge < -0.3 is 20.5 Å². The molecule has 0 spiro atoms. The molecule has 3 rings (SSSR count). The van der Waals surface area contributed by atoms with E-state index in [9.17, 15) is 14.7 Å². The van der Waals surface area contributed by atoms with E-state index in [0.717, 1.165) is 36.3 Å². The van der Waals surface area contributed by atoms with Crippen molar-refractivity contribution in [2.45, 2.75) is 25.5 Å². The third-order valence-electron chi connectivity index (χ3n) is 4.14. The molecule has 0 fully saturated rings. The Balaban J connectivity index is 1.60. The van der Waals surface area contributed by atoms with Gasteiger partial charge in [-0.15, -0.1) is 0 Å². The van der Waals surface area contributed by atoms with Crippen LogP contribution in [0.3, 0.4) is 0 Å². The first-order chi connectivity index (χ1) is 12.7. The fraction of sp³-hybridized carbons (Fsp3) is 0.316. The molecule has 7 heteroatoms. The first kappa shape index (κ1) is 17.9. The molecule has 1 aromatic carbocycles. The lowest BCUT2D eigenvalue weighted by Gasteiger charge is -2.18. The highest BCUT2D eigenvalue weighted by Crippen LogP contribution is 2.20. The fourth-order valence-electron chi connectivity index (χ4n) is 2.72. The molecule has 2 aromatic rings. The smallest absolute Gasteiger partial charge is 0.331 e. The van der Waals surface area contributed by atoms with E-state index in [4.69, 9.17) is 4.74 Å². The molecule has 1 aromatic heterocycles. The highest BCUT2D eigenvalue weighted by atomic mass is 16.5. The van der Waals surface area contributed by atoms with Crippen LogP contribution in [0, 0.1) is 0 Å². The predicted molar refractivity (Wildman–Crippen MR) is 95.6 cm³/mol. The molecule has 1 aliphatic rings. The van der Waals surface area contributed by atoms with Crippen molar-refractivity contribution in [2.75, 3.05) is 18.5 Å². The van der Waals surface area contributed by atoms with Gasteiger partial charge in [0, 0.05) is 12.7 Å². The quantitative estimate of drug-likeness (QED) is 0.675. The number of anilines is 1. The number of hydrogen-bond donors (Lipinski definition) is 3. The van der Waals surface area contributed by atoms with Gasteiger partial charge in [-0.05, 0) is 30.0 Å². The highest BCUT2D eigenvalue weighted by molar-refractivity contribution is 5.97. The monoisotopic (exact) mass is 355 g/mol. The topological polar surface area (TPSA) is 101 Å². The zero-order valence-electron chi connectivity index (χ0n) is 14.3. The SMILES string of the molecule is O=C(NC(CO)C(=O)OCc1ccccc1)c1cnc2c(c1)CCCN2. The van der Waals surface area contributed by atoms with Gasteiger partial charge in [0.25, 0.3) is 5.91 Å². The van der Waals surface area contributed by atoms with Crippen molar-refractivity contribution < 1.29 is 19.4 Å². The van der Waals surface area contributed by atoms with Crippen LogP contribution >= 0.6 is 0 Å². The largest absolute Gasteiger partial charge is 0.459 e.